The quantitative estimate of drug-likeness (QED) is 0.176. The minimum absolute atomic E-state index is 0.266. The number of rotatable bonds is 11. The van der Waals surface area contributed by atoms with Gasteiger partial charge in [-0.3, -0.25) is 0 Å². The molecule has 3 aromatic carbocycles. The summed E-state index contributed by atoms with van der Waals surface area (Å²) in [5, 5.41) is 4.74. The number of hydrogen-bond donors (Lipinski definition) is 0. The molecule has 0 bridgehead atoms. The van der Waals surface area contributed by atoms with Gasteiger partial charge < -0.3 is 14.2 Å². The molecule has 0 saturated heterocycles. The Morgan fingerprint density at radius 3 is 2.60 bits per heavy atom. The fourth-order valence-corrected chi connectivity index (χ4v) is 3.51. The summed E-state index contributed by atoms with van der Waals surface area (Å²) in [6, 6.07) is 17.0. The summed E-state index contributed by atoms with van der Waals surface area (Å²) in [5.74, 6) is -0.464. The maximum Gasteiger partial charge on any atom is 0.330 e. The SMILES string of the molecule is C=CC(=O)OC(COCCCC)COCc1c2ccccc2cc2ccc(C)cc12. The monoisotopic (exact) mass is 406 g/mol. The van der Waals surface area contributed by atoms with Crippen molar-refractivity contribution in [3.8, 4) is 0 Å². The summed E-state index contributed by atoms with van der Waals surface area (Å²) >= 11 is 0. The Labute approximate surface area is 178 Å². The van der Waals surface area contributed by atoms with Gasteiger partial charge >= 0.3 is 5.97 Å². The van der Waals surface area contributed by atoms with E-state index in [0.717, 1.165) is 18.4 Å². The van der Waals surface area contributed by atoms with Crippen molar-refractivity contribution in [1.82, 2.24) is 0 Å². The van der Waals surface area contributed by atoms with Crippen LogP contribution in [0, 0.1) is 6.92 Å². The number of aryl methyl sites for hydroxylation is 1. The molecule has 0 aliphatic carbocycles. The highest BCUT2D eigenvalue weighted by molar-refractivity contribution is 6.02. The Bertz CT molecular complexity index is 1010. The molecule has 4 heteroatoms. The van der Waals surface area contributed by atoms with Crippen LogP contribution in [-0.4, -0.2) is 31.9 Å². The molecule has 1 unspecified atom stereocenters. The average molecular weight is 407 g/mol. The van der Waals surface area contributed by atoms with Crippen LogP contribution in [-0.2, 0) is 25.6 Å². The normalized spacial score (nSPS) is 12.2. The summed E-state index contributed by atoms with van der Waals surface area (Å²) in [6.07, 6.45) is 2.74. The molecular formula is C26H30O4. The van der Waals surface area contributed by atoms with Gasteiger partial charge in [-0.05, 0) is 46.5 Å². The van der Waals surface area contributed by atoms with Crippen molar-refractivity contribution in [2.75, 3.05) is 19.8 Å². The lowest BCUT2D eigenvalue weighted by atomic mass is 9.96. The number of carbonyl (C=O) groups is 1. The minimum Gasteiger partial charge on any atom is -0.454 e. The molecule has 4 nitrogen and oxygen atoms in total. The first kappa shape index (κ1) is 22.0. The van der Waals surface area contributed by atoms with E-state index in [1.54, 1.807) is 0 Å². The summed E-state index contributed by atoms with van der Waals surface area (Å²) < 4.78 is 17.1. The summed E-state index contributed by atoms with van der Waals surface area (Å²) in [5.41, 5.74) is 2.36. The number of hydrogen-bond acceptors (Lipinski definition) is 4. The van der Waals surface area contributed by atoms with Crippen LogP contribution in [0.5, 0.6) is 0 Å². The molecule has 158 valence electrons. The molecule has 0 aliphatic rings. The van der Waals surface area contributed by atoms with Gasteiger partial charge in [0, 0.05) is 12.7 Å². The molecule has 0 aromatic heterocycles. The van der Waals surface area contributed by atoms with Crippen molar-refractivity contribution >= 4 is 27.5 Å². The van der Waals surface area contributed by atoms with Crippen LogP contribution in [0.4, 0.5) is 0 Å². The Kier molecular flexibility index (Phi) is 8.00. The first-order valence-corrected chi connectivity index (χ1v) is 10.5. The van der Waals surface area contributed by atoms with Gasteiger partial charge in [0.1, 0.15) is 6.10 Å². The lowest BCUT2D eigenvalue weighted by Gasteiger charge is -2.18. The van der Waals surface area contributed by atoms with E-state index >= 15 is 0 Å². The third-order valence-corrected chi connectivity index (χ3v) is 5.08. The van der Waals surface area contributed by atoms with E-state index < -0.39 is 12.1 Å². The predicted octanol–water partition coefficient (Wildman–Crippen LogP) is 5.73. The lowest BCUT2D eigenvalue weighted by molar-refractivity contribution is -0.150. The van der Waals surface area contributed by atoms with Gasteiger partial charge in [0.05, 0.1) is 19.8 Å². The second kappa shape index (κ2) is 10.9. The molecule has 0 spiro atoms. The van der Waals surface area contributed by atoms with Crippen LogP contribution in [0.2, 0.25) is 0 Å². The second-order valence-electron chi connectivity index (χ2n) is 7.51. The molecule has 0 fully saturated rings. The van der Waals surface area contributed by atoms with Crippen molar-refractivity contribution < 1.29 is 19.0 Å². The first-order valence-electron chi connectivity index (χ1n) is 10.5. The fraction of sp³-hybridized carbons (Fsp3) is 0.346. The molecule has 0 heterocycles. The lowest BCUT2D eigenvalue weighted by Crippen LogP contribution is -2.28. The van der Waals surface area contributed by atoms with Crippen molar-refractivity contribution in [2.45, 2.75) is 39.4 Å². The maximum absolute atomic E-state index is 11.7. The number of carbonyl (C=O) groups excluding carboxylic acids is 1. The number of benzene rings is 3. The zero-order valence-electron chi connectivity index (χ0n) is 17.9. The van der Waals surface area contributed by atoms with E-state index in [-0.39, 0.29) is 6.61 Å². The molecule has 0 saturated carbocycles. The van der Waals surface area contributed by atoms with Crippen LogP contribution in [0.1, 0.15) is 30.9 Å². The zero-order valence-corrected chi connectivity index (χ0v) is 17.9. The summed E-state index contributed by atoms with van der Waals surface area (Å²) in [6.45, 7) is 9.33. The predicted molar refractivity (Wildman–Crippen MR) is 122 cm³/mol. The highest BCUT2D eigenvalue weighted by Crippen LogP contribution is 2.30. The van der Waals surface area contributed by atoms with Crippen molar-refractivity contribution in [3.05, 3.63) is 72.3 Å². The third-order valence-electron chi connectivity index (χ3n) is 5.08. The van der Waals surface area contributed by atoms with Crippen molar-refractivity contribution in [3.63, 3.8) is 0 Å². The van der Waals surface area contributed by atoms with Crippen LogP contribution in [0.3, 0.4) is 0 Å². The largest absolute Gasteiger partial charge is 0.454 e. The number of unbranched alkanes of at least 4 members (excludes halogenated alkanes) is 1. The van der Waals surface area contributed by atoms with Gasteiger partial charge in [-0.25, -0.2) is 4.79 Å². The molecule has 1 atom stereocenters. The number of ether oxygens (including phenoxy) is 3. The zero-order chi connectivity index (χ0) is 21.3. The van der Waals surface area contributed by atoms with E-state index in [2.05, 4.69) is 56.8 Å². The Morgan fingerprint density at radius 1 is 1.03 bits per heavy atom. The third kappa shape index (κ3) is 5.68. The van der Waals surface area contributed by atoms with Crippen LogP contribution < -0.4 is 0 Å². The van der Waals surface area contributed by atoms with Crippen molar-refractivity contribution in [2.24, 2.45) is 0 Å². The standard InChI is InChI=1S/C26H30O4/c1-4-6-13-28-16-22(30-26(27)5-2)17-29-18-25-23-10-8-7-9-20(23)15-21-12-11-19(3)14-24(21)25/h5,7-12,14-15,22H,2,4,6,13,16-18H2,1,3H3. The number of esters is 1. The van der Waals surface area contributed by atoms with Gasteiger partial charge in [-0.15, -0.1) is 0 Å². The fourth-order valence-electron chi connectivity index (χ4n) is 3.51. The van der Waals surface area contributed by atoms with E-state index in [0.29, 0.717) is 19.8 Å². The van der Waals surface area contributed by atoms with Crippen molar-refractivity contribution in [1.29, 1.82) is 0 Å². The smallest absolute Gasteiger partial charge is 0.330 e. The molecule has 3 rings (SSSR count). The second-order valence-corrected chi connectivity index (χ2v) is 7.51. The van der Waals surface area contributed by atoms with Gasteiger partial charge in [0.2, 0.25) is 0 Å². The van der Waals surface area contributed by atoms with Crippen LogP contribution in [0.25, 0.3) is 21.5 Å². The molecule has 0 aliphatic heterocycles. The van der Waals surface area contributed by atoms with Gasteiger partial charge in [-0.1, -0.05) is 68.0 Å². The number of fused-ring (bicyclic) bond motifs is 2. The van der Waals surface area contributed by atoms with Gasteiger partial charge in [0.15, 0.2) is 0 Å². The van der Waals surface area contributed by atoms with E-state index in [4.69, 9.17) is 14.2 Å². The molecule has 3 aromatic rings. The average Bonchev–Trinajstić information content (AvgIpc) is 2.76. The molecule has 0 amide bonds. The Morgan fingerprint density at radius 2 is 1.80 bits per heavy atom. The molecule has 0 radical (unpaired) electrons. The first-order chi connectivity index (χ1) is 14.6. The summed E-state index contributed by atoms with van der Waals surface area (Å²) in [4.78, 5) is 11.7. The Hall–Kier alpha value is -2.69. The van der Waals surface area contributed by atoms with E-state index in [9.17, 15) is 4.79 Å². The minimum atomic E-state index is -0.464. The topological polar surface area (TPSA) is 44.8 Å². The van der Waals surface area contributed by atoms with Crippen LogP contribution >= 0.6 is 0 Å². The Balaban J connectivity index is 1.77. The van der Waals surface area contributed by atoms with Gasteiger partial charge in [0.25, 0.3) is 0 Å². The highest BCUT2D eigenvalue weighted by atomic mass is 16.6. The van der Waals surface area contributed by atoms with E-state index in [1.165, 1.54) is 33.2 Å². The summed E-state index contributed by atoms with van der Waals surface area (Å²) in [7, 11) is 0. The van der Waals surface area contributed by atoms with Gasteiger partial charge in [-0.2, -0.15) is 0 Å². The molecule has 0 N–H and O–H groups in total. The maximum atomic E-state index is 11.7. The van der Waals surface area contributed by atoms with E-state index in [1.807, 2.05) is 12.1 Å². The highest BCUT2D eigenvalue weighted by Gasteiger charge is 2.15. The molecule has 30 heavy (non-hydrogen) atoms. The van der Waals surface area contributed by atoms with Crippen LogP contribution in [0.15, 0.2) is 61.2 Å². The molecular weight excluding hydrogens is 376 g/mol.